The first-order valence-corrected chi connectivity index (χ1v) is 20.4. The maximum absolute atomic E-state index is 12.9. The van der Waals surface area contributed by atoms with Crippen molar-refractivity contribution in [1.82, 2.24) is 0 Å². The van der Waals surface area contributed by atoms with Crippen molar-refractivity contribution >= 4 is 19.5 Å². The largest absolute Gasteiger partial charge is 0.481 e. The van der Waals surface area contributed by atoms with Crippen LogP contribution in [0.25, 0.3) is 0 Å². The normalized spacial score (nSPS) is 40.0. The molecule has 5 aliphatic carbocycles. The molecule has 0 amide bonds. The first kappa shape index (κ1) is 38.9. The Hall–Kier alpha value is -1.29. The van der Waals surface area contributed by atoms with Crippen LogP contribution in [-0.4, -0.2) is 72.2 Å². The third-order valence-electron chi connectivity index (χ3n) is 14.9. The van der Waals surface area contributed by atoms with Crippen LogP contribution >= 0.6 is 7.60 Å². The fourth-order valence-electron chi connectivity index (χ4n) is 12.4. The Morgan fingerprint density at radius 2 is 1.49 bits per heavy atom. The van der Waals surface area contributed by atoms with Crippen LogP contribution in [0.4, 0.5) is 0 Å². The number of fused-ring (bicyclic) bond motifs is 7. The van der Waals surface area contributed by atoms with Gasteiger partial charge in [-0.2, -0.15) is 0 Å². The molecule has 0 radical (unpaired) electrons. The van der Waals surface area contributed by atoms with E-state index in [2.05, 4.69) is 47.6 Å². The average molecular weight is 711 g/mol. The van der Waals surface area contributed by atoms with Gasteiger partial charge in [-0.3, -0.25) is 14.2 Å². The monoisotopic (exact) mass is 710 g/mol. The first-order chi connectivity index (χ1) is 22.8. The summed E-state index contributed by atoms with van der Waals surface area (Å²) < 4.78 is 33.6. The number of carboxylic acids is 2. The van der Waals surface area contributed by atoms with Crippen LogP contribution in [0.5, 0.6) is 0 Å². The van der Waals surface area contributed by atoms with Gasteiger partial charge in [0.1, 0.15) is 6.16 Å². The highest BCUT2D eigenvalue weighted by molar-refractivity contribution is 7.54. The van der Waals surface area contributed by atoms with E-state index in [1.54, 1.807) is 13.8 Å². The molecule has 49 heavy (non-hydrogen) atoms. The van der Waals surface area contributed by atoms with E-state index in [0.717, 1.165) is 57.8 Å². The van der Waals surface area contributed by atoms with E-state index in [1.807, 2.05) is 0 Å². The number of hydrogen-bond donors (Lipinski definition) is 3. The van der Waals surface area contributed by atoms with Crippen molar-refractivity contribution in [2.45, 2.75) is 125 Å². The Bertz CT molecular complexity index is 1340. The molecule has 11 heteroatoms. The summed E-state index contributed by atoms with van der Waals surface area (Å²) in [5, 5.41) is 30.3. The Balaban J connectivity index is 0.000000335. The highest BCUT2D eigenvalue weighted by atomic mass is 31.2. The molecular formula is C38H63O10P. The minimum atomic E-state index is -3.38. The predicted molar refractivity (Wildman–Crippen MR) is 186 cm³/mol. The lowest BCUT2D eigenvalue weighted by molar-refractivity contribution is -0.308. The standard InChI is InChI=1S/C32H50O5.C6H13O5P/c1-26(2)11-13-30(25(34)35)14-15-31(20-33)21(22(30)19-26)7-8-24-28(5)12-16-32(36-17-18-37-32)27(3,4)23(28)9-10-29(24,31)6;1-3-10-12(9,11-4-2)5-6(7)8/h7,22-24,33H,8-20H2,1-6H3,(H,34,35);3-5H2,1-2H3,(H,7,8)/t22?,23?,24?,28-,29+,30-,31-;/m0./s1. The van der Waals surface area contributed by atoms with Crippen LogP contribution in [0.1, 0.15) is 120 Å². The molecule has 0 bridgehead atoms. The second-order valence-corrected chi connectivity index (χ2v) is 19.8. The van der Waals surface area contributed by atoms with Crippen LogP contribution in [0.15, 0.2) is 11.6 Å². The van der Waals surface area contributed by atoms with Crippen LogP contribution in [0.2, 0.25) is 0 Å². The maximum Gasteiger partial charge on any atom is 0.341 e. The number of ether oxygens (including phenoxy) is 2. The smallest absolute Gasteiger partial charge is 0.341 e. The second kappa shape index (κ2) is 13.3. The molecule has 3 N–H and O–H groups in total. The lowest BCUT2D eigenvalue weighted by atomic mass is 9.33. The minimum absolute atomic E-state index is 0.0318. The number of allylic oxidation sites excluding steroid dienone is 1. The van der Waals surface area contributed by atoms with Crippen molar-refractivity contribution in [3.05, 3.63) is 11.6 Å². The van der Waals surface area contributed by atoms with Gasteiger partial charge in [0.05, 0.1) is 38.4 Å². The van der Waals surface area contributed by atoms with Crippen molar-refractivity contribution in [3.63, 3.8) is 0 Å². The quantitative estimate of drug-likeness (QED) is 0.168. The molecule has 280 valence electrons. The van der Waals surface area contributed by atoms with Gasteiger partial charge in [0.15, 0.2) is 5.79 Å². The Morgan fingerprint density at radius 1 is 0.878 bits per heavy atom. The van der Waals surface area contributed by atoms with E-state index in [-0.39, 0.29) is 52.8 Å². The molecule has 0 aromatic carbocycles. The van der Waals surface area contributed by atoms with Crippen molar-refractivity contribution in [1.29, 1.82) is 0 Å². The molecule has 6 aliphatic rings. The third-order valence-corrected chi connectivity index (χ3v) is 16.8. The molecular weight excluding hydrogens is 647 g/mol. The second-order valence-electron chi connectivity index (χ2n) is 17.8. The summed E-state index contributed by atoms with van der Waals surface area (Å²) in [6, 6.07) is 0. The maximum atomic E-state index is 12.9. The van der Waals surface area contributed by atoms with Crippen LogP contribution in [-0.2, 0) is 32.7 Å². The lowest BCUT2D eigenvalue weighted by Gasteiger charge is -2.72. The predicted octanol–water partition coefficient (Wildman–Crippen LogP) is 7.93. The van der Waals surface area contributed by atoms with Gasteiger partial charge in [-0.1, -0.05) is 53.2 Å². The highest BCUT2D eigenvalue weighted by Crippen LogP contribution is 2.76. The van der Waals surface area contributed by atoms with Gasteiger partial charge < -0.3 is 33.8 Å². The van der Waals surface area contributed by atoms with E-state index in [1.165, 1.54) is 5.57 Å². The van der Waals surface area contributed by atoms with E-state index in [9.17, 15) is 24.4 Å². The van der Waals surface area contributed by atoms with Crippen LogP contribution < -0.4 is 0 Å². The minimum Gasteiger partial charge on any atom is -0.481 e. The fourth-order valence-corrected chi connectivity index (χ4v) is 13.7. The van der Waals surface area contributed by atoms with Crippen molar-refractivity contribution in [3.8, 4) is 0 Å². The van der Waals surface area contributed by atoms with Crippen LogP contribution in [0.3, 0.4) is 0 Å². The lowest BCUT2D eigenvalue weighted by Crippen LogP contribution is -2.68. The summed E-state index contributed by atoms with van der Waals surface area (Å²) in [6.45, 7) is 19.5. The van der Waals surface area contributed by atoms with Gasteiger partial charge in [-0.25, -0.2) is 0 Å². The zero-order valence-electron chi connectivity index (χ0n) is 31.3. The highest BCUT2D eigenvalue weighted by Gasteiger charge is 2.72. The molecule has 5 fully saturated rings. The van der Waals surface area contributed by atoms with Gasteiger partial charge in [0, 0.05) is 17.3 Å². The molecule has 0 aromatic heterocycles. The number of aliphatic carboxylic acids is 2. The molecule has 3 unspecified atom stereocenters. The Kier molecular flexibility index (Phi) is 10.6. The number of rotatable bonds is 8. The van der Waals surface area contributed by atoms with E-state index in [4.69, 9.17) is 23.6 Å². The topological polar surface area (TPSA) is 149 Å². The first-order valence-electron chi connectivity index (χ1n) is 18.7. The molecule has 1 saturated heterocycles. The number of aliphatic hydroxyl groups excluding tert-OH is 1. The zero-order chi connectivity index (χ0) is 36.3. The molecule has 6 rings (SSSR count). The molecule has 10 nitrogen and oxygen atoms in total. The summed E-state index contributed by atoms with van der Waals surface area (Å²) in [4.78, 5) is 23.1. The number of hydrogen-bond acceptors (Lipinski definition) is 8. The zero-order valence-corrected chi connectivity index (χ0v) is 32.2. The molecule has 1 spiro atoms. The van der Waals surface area contributed by atoms with Gasteiger partial charge in [-0.15, -0.1) is 0 Å². The summed E-state index contributed by atoms with van der Waals surface area (Å²) in [5.41, 5.74) is 0.475. The van der Waals surface area contributed by atoms with Crippen LogP contribution in [0, 0.1) is 50.2 Å². The molecule has 4 saturated carbocycles. The van der Waals surface area contributed by atoms with Gasteiger partial charge in [0.2, 0.25) is 0 Å². The summed E-state index contributed by atoms with van der Waals surface area (Å²) in [7, 11) is -3.38. The number of carboxylic acid groups (broad SMARTS) is 2. The van der Waals surface area contributed by atoms with E-state index < -0.39 is 36.9 Å². The Morgan fingerprint density at radius 3 is 2.04 bits per heavy atom. The number of carbonyl (C=O) groups is 2. The summed E-state index contributed by atoms with van der Waals surface area (Å²) in [5.74, 6) is -1.27. The summed E-state index contributed by atoms with van der Waals surface area (Å²) >= 11 is 0. The third kappa shape index (κ3) is 6.00. The molecule has 1 aliphatic heterocycles. The molecule has 1 heterocycles. The Labute approximate surface area is 293 Å². The number of aliphatic hydroxyl groups is 1. The van der Waals surface area contributed by atoms with E-state index >= 15 is 0 Å². The fraction of sp³-hybridized carbons (Fsp3) is 0.895. The van der Waals surface area contributed by atoms with Gasteiger partial charge in [-0.05, 0) is 106 Å². The van der Waals surface area contributed by atoms with E-state index in [0.29, 0.717) is 31.5 Å². The molecule has 0 aromatic rings. The SMILES string of the molecule is CC1(C)CC[C@]2(C(=O)O)CC[C@]3(CO)C(=CCC4[C@@]5(C)CCC6(OCCO6)C(C)(C)C5CC[C@]43C)C2C1.CCOP(=O)(CC(=O)O)OCC. The van der Waals surface area contributed by atoms with Gasteiger partial charge >= 0.3 is 19.5 Å². The van der Waals surface area contributed by atoms with Crippen molar-refractivity contribution in [2.24, 2.45) is 50.2 Å². The van der Waals surface area contributed by atoms with Gasteiger partial charge in [0.25, 0.3) is 0 Å². The average Bonchev–Trinajstić information content (AvgIpc) is 3.50. The van der Waals surface area contributed by atoms with Crippen molar-refractivity contribution in [2.75, 3.05) is 39.2 Å². The van der Waals surface area contributed by atoms with Crippen molar-refractivity contribution < 1.29 is 48.0 Å². The summed E-state index contributed by atoms with van der Waals surface area (Å²) in [6.07, 6.45) is 11.2. The molecule has 7 atom stereocenters.